The molecule has 1 aliphatic rings. The molecule has 0 fully saturated rings. The second-order valence-electron chi connectivity index (χ2n) is 4.45. The van der Waals surface area contributed by atoms with Gasteiger partial charge in [0.2, 0.25) is 0 Å². The van der Waals surface area contributed by atoms with Crippen molar-refractivity contribution in [3.63, 3.8) is 0 Å². The summed E-state index contributed by atoms with van der Waals surface area (Å²) in [5, 5.41) is 18.9. The van der Waals surface area contributed by atoms with Gasteiger partial charge in [0.1, 0.15) is 11.5 Å². The average molecular weight is 272 g/mol. The van der Waals surface area contributed by atoms with Crippen LogP contribution in [0.1, 0.15) is 11.1 Å². The number of hydrogen-bond acceptors (Lipinski definition) is 4. The Morgan fingerprint density at radius 2 is 1.55 bits per heavy atom. The fourth-order valence-electron chi connectivity index (χ4n) is 2.50. The normalized spacial score (nSPS) is 14.7. The molecule has 0 spiro atoms. The number of carboxylic acid groups (broad SMARTS) is 1. The minimum atomic E-state index is -1.46. The Hall–Kier alpha value is -2.53. The second kappa shape index (κ2) is 4.54. The van der Waals surface area contributed by atoms with Crippen LogP contribution in [-0.4, -0.2) is 23.0 Å². The van der Waals surface area contributed by atoms with E-state index in [1.54, 1.807) is 48.5 Å². The summed E-state index contributed by atoms with van der Waals surface area (Å²) in [6, 6.07) is 13.8. The van der Waals surface area contributed by atoms with E-state index in [9.17, 15) is 9.90 Å². The molecule has 0 unspecified atom stereocenters. The van der Waals surface area contributed by atoms with Crippen molar-refractivity contribution in [2.24, 2.45) is 0 Å². The first-order chi connectivity index (χ1) is 9.67. The summed E-state index contributed by atoms with van der Waals surface area (Å²) in [6.07, 6.45) is -1.45. The van der Waals surface area contributed by atoms with E-state index < -0.39 is 18.4 Å². The van der Waals surface area contributed by atoms with Gasteiger partial charge in [0.05, 0.1) is 6.61 Å². The van der Waals surface area contributed by atoms with Crippen molar-refractivity contribution >= 4 is 6.16 Å². The largest absolute Gasteiger partial charge is 0.507 e. The molecule has 0 radical (unpaired) electrons. The first-order valence-corrected chi connectivity index (χ1v) is 6.07. The van der Waals surface area contributed by atoms with E-state index in [0.29, 0.717) is 22.6 Å². The van der Waals surface area contributed by atoms with Crippen molar-refractivity contribution in [1.82, 2.24) is 0 Å². The zero-order valence-corrected chi connectivity index (χ0v) is 10.4. The topological polar surface area (TPSA) is 76.0 Å². The molecule has 1 heterocycles. The molecule has 0 aliphatic carbocycles. The Kier molecular flexibility index (Phi) is 2.84. The Morgan fingerprint density at radius 3 is 2.00 bits per heavy atom. The molecule has 5 nitrogen and oxygen atoms in total. The summed E-state index contributed by atoms with van der Waals surface area (Å²) in [7, 11) is 0. The van der Waals surface area contributed by atoms with Crippen LogP contribution < -0.4 is 4.74 Å². The summed E-state index contributed by atoms with van der Waals surface area (Å²) in [6.45, 7) is -0.503. The molecule has 2 aromatic carbocycles. The fourth-order valence-corrected chi connectivity index (χ4v) is 2.50. The van der Waals surface area contributed by atoms with E-state index in [4.69, 9.17) is 14.6 Å². The molecule has 5 heteroatoms. The molecule has 102 valence electrons. The molecule has 2 N–H and O–H groups in total. The SMILES string of the molecule is O=C(O)OC1(CO)c2ccccc2Oc2ccccc21. The highest BCUT2D eigenvalue weighted by molar-refractivity contribution is 5.63. The number of hydrogen-bond donors (Lipinski definition) is 2. The van der Waals surface area contributed by atoms with Crippen molar-refractivity contribution in [1.29, 1.82) is 0 Å². The van der Waals surface area contributed by atoms with E-state index in [1.807, 2.05) is 0 Å². The highest BCUT2D eigenvalue weighted by Gasteiger charge is 2.45. The molecule has 3 rings (SSSR count). The second-order valence-corrected chi connectivity index (χ2v) is 4.45. The van der Waals surface area contributed by atoms with E-state index in [0.717, 1.165) is 0 Å². The van der Waals surface area contributed by atoms with Gasteiger partial charge in [0.15, 0.2) is 5.60 Å². The van der Waals surface area contributed by atoms with Crippen molar-refractivity contribution in [2.75, 3.05) is 6.61 Å². The molecular formula is C15H12O5. The summed E-state index contributed by atoms with van der Waals surface area (Å²) in [4.78, 5) is 11.1. The molecule has 20 heavy (non-hydrogen) atoms. The monoisotopic (exact) mass is 272 g/mol. The summed E-state index contributed by atoms with van der Waals surface area (Å²) in [5.74, 6) is 0.947. The van der Waals surface area contributed by atoms with E-state index in [1.165, 1.54) is 0 Å². The predicted molar refractivity (Wildman–Crippen MR) is 69.9 cm³/mol. The number of para-hydroxylation sites is 2. The Balaban J connectivity index is 2.28. The molecule has 0 aromatic heterocycles. The third-order valence-electron chi connectivity index (χ3n) is 3.35. The minimum absolute atomic E-state index is 0.474. The van der Waals surface area contributed by atoms with Crippen molar-refractivity contribution in [3.8, 4) is 11.5 Å². The van der Waals surface area contributed by atoms with Crippen molar-refractivity contribution in [3.05, 3.63) is 59.7 Å². The van der Waals surface area contributed by atoms with E-state index >= 15 is 0 Å². The highest BCUT2D eigenvalue weighted by atomic mass is 16.7. The van der Waals surface area contributed by atoms with E-state index in [-0.39, 0.29) is 0 Å². The average Bonchev–Trinajstić information content (AvgIpc) is 2.46. The first kappa shape index (κ1) is 12.5. The van der Waals surface area contributed by atoms with Gasteiger partial charge in [0.25, 0.3) is 0 Å². The van der Waals surface area contributed by atoms with Crippen LogP contribution in [0.25, 0.3) is 0 Å². The van der Waals surface area contributed by atoms with Crippen LogP contribution in [0.15, 0.2) is 48.5 Å². The fraction of sp³-hybridized carbons (Fsp3) is 0.133. The number of aliphatic hydroxyl groups excluding tert-OH is 1. The van der Waals surface area contributed by atoms with Gasteiger partial charge in [-0.15, -0.1) is 0 Å². The summed E-state index contributed by atoms with van der Waals surface area (Å²) >= 11 is 0. The lowest BCUT2D eigenvalue weighted by Crippen LogP contribution is -2.39. The highest BCUT2D eigenvalue weighted by Crippen LogP contribution is 2.48. The zero-order chi connectivity index (χ0) is 14.2. The van der Waals surface area contributed by atoms with Gasteiger partial charge >= 0.3 is 6.16 Å². The maximum absolute atomic E-state index is 11.1. The number of fused-ring (bicyclic) bond motifs is 2. The van der Waals surface area contributed by atoms with Crippen LogP contribution in [0.3, 0.4) is 0 Å². The molecule has 0 amide bonds. The lowest BCUT2D eigenvalue weighted by molar-refractivity contribution is -0.0347. The van der Waals surface area contributed by atoms with Gasteiger partial charge < -0.3 is 19.7 Å². The summed E-state index contributed by atoms with van der Waals surface area (Å²) in [5.41, 5.74) is -0.482. The standard InChI is InChI=1S/C15H12O5/c16-9-15(20-14(17)18)10-5-1-3-7-12(10)19-13-8-4-2-6-11(13)15/h1-8,16H,9H2,(H,17,18). The molecule has 2 aromatic rings. The quantitative estimate of drug-likeness (QED) is 0.822. The zero-order valence-electron chi connectivity index (χ0n) is 10.4. The van der Waals surface area contributed by atoms with Gasteiger partial charge in [-0.25, -0.2) is 4.79 Å². The third kappa shape index (κ3) is 1.71. The van der Waals surface area contributed by atoms with Crippen LogP contribution in [-0.2, 0) is 10.3 Å². The number of benzene rings is 2. The number of aliphatic hydroxyl groups is 1. The minimum Gasteiger partial charge on any atom is -0.456 e. The van der Waals surface area contributed by atoms with Gasteiger partial charge in [-0.1, -0.05) is 36.4 Å². The van der Waals surface area contributed by atoms with Gasteiger partial charge in [-0.2, -0.15) is 0 Å². The third-order valence-corrected chi connectivity index (χ3v) is 3.35. The number of ether oxygens (including phenoxy) is 2. The van der Waals surface area contributed by atoms with Gasteiger partial charge in [-0.05, 0) is 12.1 Å². The lowest BCUT2D eigenvalue weighted by Gasteiger charge is -2.37. The molecule has 0 atom stereocenters. The molecule has 0 saturated carbocycles. The first-order valence-electron chi connectivity index (χ1n) is 6.07. The number of carbonyl (C=O) groups is 1. The van der Waals surface area contributed by atoms with Crippen LogP contribution >= 0.6 is 0 Å². The molecule has 1 aliphatic heterocycles. The van der Waals surface area contributed by atoms with E-state index in [2.05, 4.69) is 0 Å². The lowest BCUT2D eigenvalue weighted by atomic mass is 9.84. The van der Waals surface area contributed by atoms with Crippen LogP contribution in [0, 0.1) is 0 Å². The van der Waals surface area contributed by atoms with Crippen molar-refractivity contribution < 1.29 is 24.5 Å². The maximum atomic E-state index is 11.1. The smallest absolute Gasteiger partial charge is 0.456 e. The van der Waals surface area contributed by atoms with Gasteiger partial charge in [0, 0.05) is 11.1 Å². The predicted octanol–water partition coefficient (Wildman–Crippen LogP) is 2.72. The summed E-state index contributed by atoms with van der Waals surface area (Å²) < 4.78 is 10.8. The Morgan fingerprint density at radius 1 is 1.05 bits per heavy atom. The Labute approximate surface area is 115 Å². The number of rotatable bonds is 2. The molecular weight excluding hydrogens is 260 g/mol. The van der Waals surface area contributed by atoms with Crippen LogP contribution in [0.2, 0.25) is 0 Å². The molecule has 0 saturated heterocycles. The van der Waals surface area contributed by atoms with Crippen LogP contribution in [0.5, 0.6) is 11.5 Å². The Bertz CT molecular complexity index is 619. The van der Waals surface area contributed by atoms with Gasteiger partial charge in [-0.3, -0.25) is 0 Å². The maximum Gasteiger partial charge on any atom is 0.507 e. The molecule has 0 bridgehead atoms. The van der Waals surface area contributed by atoms with Crippen LogP contribution in [0.4, 0.5) is 4.79 Å². The van der Waals surface area contributed by atoms with Crippen molar-refractivity contribution in [2.45, 2.75) is 5.60 Å².